The summed E-state index contributed by atoms with van der Waals surface area (Å²) < 4.78 is 33.0. The maximum absolute atomic E-state index is 10.2. The summed E-state index contributed by atoms with van der Waals surface area (Å²) in [5.74, 6) is 0. The molecule has 0 atom stereocenters. The minimum absolute atomic E-state index is 0. The predicted molar refractivity (Wildman–Crippen MR) is 117 cm³/mol. The van der Waals surface area contributed by atoms with Crippen LogP contribution >= 0.6 is 0 Å². The van der Waals surface area contributed by atoms with Gasteiger partial charge >= 0.3 is 10.4 Å². The van der Waals surface area contributed by atoms with Gasteiger partial charge in [-0.1, -0.05) is 64.7 Å². The van der Waals surface area contributed by atoms with E-state index in [2.05, 4.69) is 21.1 Å². The first kappa shape index (κ1) is 28.9. The van der Waals surface area contributed by atoms with Crippen LogP contribution in [0.2, 0.25) is 0 Å². The van der Waals surface area contributed by atoms with Crippen LogP contribution in [0.25, 0.3) is 11.1 Å². The van der Waals surface area contributed by atoms with E-state index in [1.54, 1.807) is 24.8 Å². The standard InChI is InChI=1S/C12H26O4S.C10H8N2.Ag/c1-2-3-4-5-6-7-8-9-10-11-12-16-17(13,14)15;1-5-11-6-2-9(1)10-3-7-12-8-4-10;/h2-12H2,1H3,(H,13,14,15);1-8H;. The second-order valence-electron chi connectivity index (χ2n) is 6.90. The Morgan fingerprint density at radius 3 is 1.47 bits per heavy atom. The van der Waals surface area contributed by atoms with E-state index in [1.807, 2.05) is 24.3 Å². The molecule has 2 rings (SSSR count). The van der Waals surface area contributed by atoms with Gasteiger partial charge in [0.2, 0.25) is 0 Å². The van der Waals surface area contributed by atoms with Gasteiger partial charge in [0.15, 0.2) is 0 Å². The minimum Gasteiger partial charge on any atom is -0.265 e. The van der Waals surface area contributed by atoms with Gasteiger partial charge in [0, 0.05) is 47.2 Å². The van der Waals surface area contributed by atoms with Crippen LogP contribution < -0.4 is 0 Å². The third kappa shape index (κ3) is 16.7. The summed E-state index contributed by atoms with van der Waals surface area (Å²) in [7, 11) is -4.23. The molecule has 0 unspecified atom stereocenters. The average molecular weight is 530 g/mol. The van der Waals surface area contributed by atoms with Crippen molar-refractivity contribution in [1.29, 1.82) is 0 Å². The Bertz CT molecular complexity index is 694. The van der Waals surface area contributed by atoms with E-state index in [0.717, 1.165) is 12.8 Å². The molecule has 0 aromatic carbocycles. The second-order valence-corrected chi connectivity index (χ2v) is 7.99. The Labute approximate surface area is 197 Å². The van der Waals surface area contributed by atoms with Gasteiger partial charge in [0.1, 0.15) is 0 Å². The molecule has 0 aliphatic heterocycles. The zero-order chi connectivity index (χ0) is 21.2. The van der Waals surface area contributed by atoms with Crippen LogP contribution in [0.5, 0.6) is 0 Å². The van der Waals surface area contributed by atoms with Crippen LogP contribution in [0.15, 0.2) is 49.1 Å². The maximum atomic E-state index is 10.2. The Hall–Kier alpha value is -1.09. The van der Waals surface area contributed by atoms with Crippen molar-refractivity contribution in [3.63, 3.8) is 0 Å². The minimum atomic E-state index is -4.23. The van der Waals surface area contributed by atoms with Crippen LogP contribution in [-0.2, 0) is 37.0 Å². The van der Waals surface area contributed by atoms with E-state index in [4.69, 9.17) is 4.55 Å². The van der Waals surface area contributed by atoms with Gasteiger partial charge < -0.3 is 0 Å². The van der Waals surface area contributed by atoms with Crippen molar-refractivity contribution in [3.8, 4) is 11.1 Å². The molecule has 0 saturated heterocycles. The summed E-state index contributed by atoms with van der Waals surface area (Å²) in [5, 5.41) is 0. The largest absolute Gasteiger partial charge is 0.397 e. The fourth-order valence-electron chi connectivity index (χ4n) is 2.84. The van der Waals surface area contributed by atoms with E-state index in [9.17, 15) is 8.42 Å². The fourth-order valence-corrected chi connectivity index (χ4v) is 3.17. The van der Waals surface area contributed by atoms with Crippen molar-refractivity contribution in [3.05, 3.63) is 49.1 Å². The summed E-state index contributed by atoms with van der Waals surface area (Å²) in [6.07, 6.45) is 19.0. The summed E-state index contributed by atoms with van der Waals surface area (Å²) in [6.45, 7) is 2.31. The average Bonchev–Trinajstić information content (AvgIpc) is 2.73. The molecule has 0 fully saturated rings. The first-order valence-electron chi connectivity index (χ1n) is 10.4. The molecule has 0 saturated carbocycles. The number of pyridine rings is 2. The van der Waals surface area contributed by atoms with Crippen LogP contribution in [0.4, 0.5) is 0 Å². The van der Waals surface area contributed by atoms with Crippen LogP contribution in [0.1, 0.15) is 71.1 Å². The van der Waals surface area contributed by atoms with Crippen LogP contribution in [0.3, 0.4) is 0 Å². The van der Waals surface area contributed by atoms with Gasteiger partial charge in [-0.15, -0.1) is 0 Å². The first-order chi connectivity index (χ1) is 14.0. The van der Waals surface area contributed by atoms with Gasteiger partial charge in [-0.2, -0.15) is 8.42 Å². The summed E-state index contributed by atoms with van der Waals surface area (Å²) in [6, 6.07) is 7.93. The Balaban J connectivity index is 0.000000566. The van der Waals surface area contributed by atoms with Crippen molar-refractivity contribution >= 4 is 10.4 Å². The van der Waals surface area contributed by atoms with E-state index in [0.29, 0.717) is 6.42 Å². The molecular weight excluding hydrogens is 496 g/mol. The number of hydrogen-bond donors (Lipinski definition) is 1. The van der Waals surface area contributed by atoms with Gasteiger partial charge in [0.25, 0.3) is 0 Å². The van der Waals surface area contributed by atoms with Crippen molar-refractivity contribution in [2.45, 2.75) is 71.1 Å². The Morgan fingerprint density at radius 1 is 0.733 bits per heavy atom. The number of rotatable bonds is 13. The topological polar surface area (TPSA) is 89.4 Å². The number of unbranched alkanes of at least 4 members (excludes halogenated alkanes) is 9. The molecule has 0 aliphatic carbocycles. The molecule has 0 bridgehead atoms. The molecule has 6 nitrogen and oxygen atoms in total. The first-order valence-corrected chi connectivity index (χ1v) is 11.8. The van der Waals surface area contributed by atoms with Gasteiger partial charge in [-0.05, 0) is 41.8 Å². The van der Waals surface area contributed by atoms with Crippen LogP contribution in [0, 0.1) is 0 Å². The number of hydrogen-bond acceptors (Lipinski definition) is 5. The van der Waals surface area contributed by atoms with Crippen molar-refractivity contribution in [1.82, 2.24) is 9.97 Å². The third-order valence-electron chi connectivity index (χ3n) is 4.42. The van der Waals surface area contributed by atoms with E-state index < -0.39 is 10.4 Å². The molecule has 8 heteroatoms. The van der Waals surface area contributed by atoms with E-state index >= 15 is 0 Å². The van der Waals surface area contributed by atoms with E-state index in [-0.39, 0.29) is 29.0 Å². The second kappa shape index (κ2) is 18.7. The predicted octanol–water partition coefficient (Wildman–Crippen LogP) is 5.87. The zero-order valence-corrected chi connectivity index (χ0v) is 20.0. The Morgan fingerprint density at radius 2 is 1.10 bits per heavy atom. The third-order valence-corrected chi connectivity index (χ3v) is 4.89. The van der Waals surface area contributed by atoms with Crippen molar-refractivity contribution in [2.24, 2.45) is 0 Å². The zero-order valence-electron chi connectivity index (χ0n) is 17.7. The molecule has 2 aromatic rings. The van der Waals surface area contributed by atoms with Crippen molar-refractivity contribution < 1.29 is 39.5 Å². The molecule has 173 valence electrons. The van der Waals surface area contributed by atoms with Crippen molar-refractivity contribution in [2.75, 3.05) is 6.61 Å². The smallest absolute Gasteiger partial charge is 0.265 e. The molecule has 0 amide bonds. The molecule has 0 spiro atoms. The van der Waals surface area contributed by atoms with Crippen LogP contribution in [-0.4, -0.2) is 29.5 Å². The monoisotopic (exact) mass is 529 g/mol. The quantitative estimate of drug-likeness (QED) is 0.198. The maximum Gasteiger partial charge on any atom is 0.397 e. The normalized spacial score (nSPS) is 10.6. The molecule has 1 radical (unpaired) electrons. The summed E-state index contributed by atoms with van der Waals surface area (Å²) >= 11 is 0. The summed E-state index contributed by atoms with van der Waals surface area (Å²) in [4.78, 5) is 7.91. The number of aromatic nitrogens is 2. The molecule has 2 heterocycles. The SMILES string of the molecule is CCCCCCCCCCCCOS(=O)(=O)O.[Ag].c1cc(-c2ccncc2)ccn1. The molecule has 30 heavy (non-hydrogen) atoms. The number of nitrogens with zero attached hydrogens (tertiary/aromatic N) is 2. The molecule has 1 N–H and O–H groups in total. The summed E-state index contributed by atoms with van der Waals surface area (Å²) in [5.41, 5.74) is 2.35. The fraction of sp³-hybridized carbons (Fsp3) is 0.545. The van der Waals surface area contributed by atoms with Gasteiger partial charge in [-0.25, -0.2) is 4.18 Å². The Kier molecular flexibility index (Phi) is 18.0. The molecular formula is C22H34AgN2O4S. The molecule has 0 aliphatic rings. The van der Waals surface area contributed by atoms with Gasteiger partial charge in [-0.3, -0.25) is 14.5 Å². The van der Waals surface area contributed by atoms with Gasteiger partial charge in [0.05, 0.1) is 6.61 Å². The van der Waals surface area contributed by atoms with E-state index in [1.165, 1.54) is 56.1 Å². The molecule has 2 aromatic heterocycles.